The molecule has 0 aliphatic rings. The fourth-order valence-corrected chi connectivity index (χ4v) is 1.54. The monoisotopic (exact) mass is 261 g/mol. The molecule has 0 heterocycles. The predicted octanol–water partition coefficient (Wildman–Crippen LogP) is 3.52. The van der Waals surface area contributed by atoms with Crippen molar-refractivity contribution >= 4 is 0 Å². The summed E-state index contributed by atoms with van der Waals surface area (Å²) < 4.78 is 42.4. The summed E-state index contributed by atoms with van der Waals surface area (Å²) in [5.74, 6) is 0. The molecule has 0 bridgehead atoms. The first-order valence-electron chi connectivity index (χ1n) is 5.95. The molecule has 2 nitrogen and oxygen atoms in total. The molecule has 5 heteroatoms. The van der Waals surface area contributed by atoms with Gasteiger partial charge in [-0.15, -0.1) is 0 Å². The zero-order valence-electron chi connectivity index (χ0n) is 10.3. The van der Waals surface area contributed by atoms with E-state index in [1.807, 2.05) is 6.92 Å². The maximum Gasteiger partial charge on any atom is 0.416 e. The van der Waals surface area contributed by atoms with Crippen LogP contribution in [0.15, 0.2) is 24.3 Å². The lowest BCUT2D eigenvalue weighted by Crippen LogP contribution is -2.14. The number of ether oxygens (including phenoxy) is 1. The number of hydrogen-bond acceptors (Lipinski definition) is 2. The lowest BCUT2D eigenvalue weighted by molar-refractivity contribution is -0.137. The summed E-state index contributed by atoms with van der Waals surface area (Å²) >= 11 is 0. The normalized spacial score (nSPS) is 13.6. The molecule has 1 atom stereocenters. The number of halogens is 3. The highest BCUT2D eigenvalue weighted by Gasteiger charge is 2.30. The van der Waals surface area contributed by atoms with Gasteiger partial charge in [-0.05, 0) is 30.5 Å². The second kappa shape index (κ2) is 6.75. The van der Waals surface area contributed by atoms with Crippen LogP contribution in [0.3, 0.4) is 0 Å². The Labute approximate surface area is 105 Å². The topological polar surface area (TPSA) is 35.2 Å². The van der Waals surface area contributed by atoms with E-state index in [2.05, 4.69) is 0 Å². The van der Waals surface area contributed by atoms with Crippen molar-refractivity contribution in [2.24, 2.45) is 5.73 Å². The first kappa shape index (κ1) is 15.0. The van der Waals surface area contributed by atoms with Gasteiger partial charge in [0.05, 0.1) is 5.56 Å². The number of benzene rings is 1. The van der Waals surface area contributed by atoms with Crippen molar-refractivity contribution < 1.29 is 17.9 Å². The van der Waals surface area contributed by atoms with Crippen LogP contribution >= 0.6 is 0 Å². The molecule has 0 aliphatic heterocycles. The van der Waals surface area contributed by atoms with Crippen LogP contribution in [0.2, 0.25) is 0 Å². The number of nitrogens with two attached hydrogens (primary N) is 1. The van der Waals surface area contributed by atoms with Gasteiger partial charge in [-0.25, -0.2) is 0 Å². The molecule has 1 rings (SSSR count). The lowest BCUT2D eigenvalue weighted by atomic mass is 10.0. The number of hydrogen-bond donors (Lipinski definition) is 1. The van der Waals surface area contributed by atoms with Gasteiger partial charge in [0.15, 0.2) is 0 Å². The molecule has 0 radical (unpaired) electrons. The summed E-state index contributed by atoms with van der Waals surface area (Å²) in [4.78, 5) is 0. The Bertz CT molecular complexity index is 348. The maximum absolute atomic E-state index is 12.4. The van der Waals surface area contributed by atoms with Gasteiger partial charge in [0, 0.05) is 19.3 Å². The van der Waals surface area contributed by atoms with E-state index in [-0.39, 0.29) is 6.04 Å². The molecule has 1 unspecified atom stereocenters. The quantitative estimate of drug-likeness (QED) is 0.795. The molecule has 0 saturated heterocycles. The third-order valence-electron chi connectivity index (χ3n) is 2.59. The van der Waals surface area contributed by atoms with E-state index >= 15 is 0 Å². The summed E-state index contributed by atoms with van der Waals surface area (Å²) in [6.07, 6.45) is -2.76. The van der Waals surface area contributed by atoms with Gasteiger partial charge < -0.3 is 10.5 Å². The Balaban J connectivity index is 2.51. The van der Waals surface area contributed by atoms with Crippen molar-refractivity contribution in [2.75, 3.05) is 13.2 Å². The van der Waals surface area contributed by atoms with E-state index < -0.39 is 11.7 Å². The SMILES string of the molecule is CCCOCCC(N)c1ccc(C(F)(F)F)cc1. The van der Waals surface area contributed by atoms with Gasteiger partial charge >= 0.3 is 6.18 Å². The highest BCUT2D eigenvalue weighted by Crippen LogP contribution is 2.29. The molecule has 18 heavy (non-hydrogen) atoms. The van der Waals surface area contributed by atoms with Crippen molar-refractivity contribution in [3.63, 3.8) is 0 Å². The number of alkyl halides is 3. The van der Waals surface area contributed by atoms with E-state index in [0.717, 1.165) is 18.6 Å². The van der Waals surface area contributed by atoms with Gasteiger partial charge in [0.1, 0.15) is 0 Å². The fraction of sp³-hybridized carbons (Fsp3) is 0.538. The minimum Gasteiger partial charge on any atom is -0.381 e. The molecule has 1 aromatic carbocycles. The first-order chi connectivity index (χ1) is 8.45. The van der Waals surface area contributed by atoms with Crippen molar-refractivity contribution in [3.05, 3.63) is 35.4 Å². The zero-order chi connectivity index (χ0) is 13.6. The van der Waals surface area contributed by atoms with Crippen LogP contribution in [0.5, 0.6) is 0 Å². The standard InChI is InChI=1S/C13H18F3NO/c1-2-8-18-9-7-12(17)10-3-5-11(6-4-10)13(14,15)16/h3-6,12H,2,7-9,17H2,1H3. The van der Waals surface area contributed by atoms with E-state index in [9.17, 15) is 13.2 Å². The molecule has 0 fully saturated rings. The highest BCUT2D eigenvalue weighted by atomic mass is 19.4. The van der Waals surface area contributed by atoms with E-state index in [4.69, 9.17) is 10.5 Å². The predicted molar refractivity (Wildman–Crippen MR) is 64.1 cm³/mol. The van der Waals surface area contributed by atoms with Crippen LogP contribution in [-0.4, -0.2) is 13.2 Å². The summed E-state index contributed by atoms with van der Waals surface area (Å²) in [7, 11) is 0. The van der Waals surface area contributed by atoms with E-state index in [1.165, 1.54) is 12.1 Å². The van der Waals surface area contributed by atoms with Crippen LogP contribution in [0.1, 0.15) is 36.9 Å². The van der Waals surface area contributed by atoms with Crippen LogP contribution in [0.4, 0.5) is 13.2 Å². The second-order valence-corrected chi connectivity index (χ2v) is 4.13. The molecule has 1 aromatic rings. The molecule has 102 valence electrons. The van der Waals surface area contributed by atoms with Gasteiger partial charge in [-0.3, -0.25) is 0 Å². The molecule has 0 aromatic heterocycles. The van der Waals surface area contributed by atoms with Crippen molar-refractivity contribution in [2.45, 2.75) is 32.0 Å². The molecule has 0 aliphatic carbocycles. The third-order valence-corrected chi connectivity index (χ3v) is 2.59. The average molecular weight is 261 g/mol. The van der Waals surface area contributed by atoms with Crippen molar-refractivity contribution in [1.82, 2.24) is 0 Å². The van der Waals surface area contributed by atoms with Crippen LogP contribution < -0.4 is 5.73 Å². The Morgan fingerprint density at radius 2 is 1.78 bits per heavy atom. The summed E-state index contributed by atoms with van der Waals surface area (Å²) in [6, 6.07) is 4.68. The van der Waals surface area contributed by atoms with Gasteiger partial charge in [-0.2, -0.15) is 13.2 Å². The molecule has 0 amide bonds. The third kappa shape index (κ3) is 4.66. The minimum atomic E-state index is -4.30. The maximum atomic E-state index is 12.4. The van der Waals surface area contributed by atoms with Crippen molar-refractivity contribution in [3.8, 4) is 0 Å². The molecule has 0 saturated carbocycles. The summed E-state index contributed by atoms with van der Waals surface area (Å²) in [5, 5.41) is 0. The largest absolute Gasteiger partial charge is 0.416 e. The number of rotatable bonds is 6. The summed E-state index contributed by atoms with van der Waals surface area (Å²) in [6.45, 7) is 3.21. The lowest BCUT2D eigenvalue weighted by Gasteiger charge is -2.13. The first-order valence-corrected chi connectivity index (χ1v) is 5.95. The van der Waals surface area contributed by atoms with E-state index in [1.54, 1.807) is 0 Å². The summed E-state index contributed by atoms with van der Waals surface area (Å²) in [5.41, 5.74) is 5.92. The zero-order valence-corrected chi connectivity index (χ0v) is 10.3. The molecular formula is C13H18F3NO. The van der Waals surface area contributed by atoms with E-state index in [0.29, 0.717) is 25.2 Å². The Kier molecular flexibility index (Phi) is 5.62. The molecular weight excluding hydrogens is 243 g/mol. The van der Waals surface area contributed by atoms with Crippen LogP contribution in [0.25, 0.3) is 0 Å². The Morgan fingerprint density at radius 3 is 2.28 bits per heavy atom. The average Bonchev–Trinajstić information content (AvgIpc) is 2.33. The minimum absolute atomic E-state index is 0.288. The smallest absolute Gasteiger partial charge is 0.381 e. The molecule has 2 N–H and O–H groups in total. The van der Waals surface area contributed by atoms with Crippen LogP contribution in [-0.2, 0) is 10.9 Å². The second-order valence-electron chi connectivity index (χ2n) is 4.13. The van der Waals surface area contributed by atoms with Gasteiger partial charge in [0.2, 0.25) is 0 Å². The fourth-order valence-electron chi connectivity index (χ4n) is 1.54. The highest BCUT2D eigenvalue weighted by molar-refractivity contribution is 5.26. The van der Waals surface area contributed by atoms with Gasteiger partial charge in [-0.1, -0.05) is 19.1 Å². The Morgan fingerprint density at radius 1 is 1.17 bits per heavy atom. The van der Waals surface area contributed by atoms with Crippen LogP contribution in [0, 0.1) is 0 Å². The van der Waals surface area contributed by atoms with Gasteiger partial charge in [0.25, 0.3) is 0 Å². The Hall–Kier alpha value is -1.07. The van der Waals surface area contributed by atoms with Crippen molar-refractivity contribution in [1.29, 1.82) is 0 Å². The molecule has 0 spiro atoms.